The number of carbonyl (C=O) groups is 1. The van der Waals surface area contributed by atoms with Gasteiger partial charge in [-0.05, 0) is 43.9 Å². The molecule has 4 atom stereocenters. The molecular weight excluding hydrogens is 316 g/mol. The zero-order chi connectivity index (χ0) is 17.0. The minimum atomic E-state index is 0.156. The van der Waals surface area contributed by atoms with E-state index in [1.807, 2.05) is 0 Å². The van der Waals surface area contributed by atoms with Gasteiger partial charge in [-0.25, -0.2) is 0 Å². The summed E-state index contributed by atoms with van der Waals surface area (Å²) in [6, 6.07) is 0.954. The zero-order valence-electron chi connectivity index (χ0n) is 15.1. The molecule has 0 bridgehead atoms. The molecule has 1 spiro atoms. The van der Waals surface area contributed by atoms with Crippen molar-refractivity contribution in [3.63, 3.8) is 0 Å². The van der Waals surface area contributed by atoms with Crippen molar-refractivity contribution in [3.8, 4) is 5.40 Å². The summed E-state index contributed by atoms with van der Waals surface area (Å²) >= 11 is 1.41. The Morgan fingerprint density at radius 2 is 2.08 bits per heavy atom. The molecule has 3 fully saturated rings. The molecule has 0 radical (unpaired) electrons. The van der Waals surface area contributed by atoms with Crippen LogP contribution in [0.1, 0.15) is 84.0 Å². The van der Waals surface area contributed by atoms with E-state index < -0.39 is 0 Å². The highest BCUT2D eigenvalue weighted by Gasteiger charge is 2.58. The number of nitriles is 1. The van der Waals surface area contributed by atoms with Gasteiger partial charge in [0.1, 0.15) is 11.2 Å². The number of nitrogens with zero attached hydrogens (tertiary/aromatic N) is 2. The van der Waals surface area contributed by atoms with Gasteiger partial charge < -0.3 is 0 Å². The third-order valence-electron chi connectivity index (χ3n) is 6.77. The van der Waals surface area contributed by atoms with E-state index in [1.165, 1.54) is 76.0 Å². The number of hydrogen-bond donors (Lipinski definition) is 0. The quantitative estimate of drug-likeness (QED) is 0.484. The number of thioether (sulfide) groups is 1. The lowest BCUT2D eigenvalue weighted by molar-refractivity contribution is -0.142. The predicted octanol–water partition coefficient (Wildman–Crippen LogP) is 4.91. The Bertz CT molecular complexity index is 489. The van der Waals surface area contributed by atoms with Gasteiger partial charge in [0.15, 0.2) is 0 Å². The van der Waals surface area contributed by atoms with Crippen LogP contribution in [0.4, 0.5) is 0 Å². The lowest BCUT2D eigenvalue weighted by Crippen LogP contribution is -2.64. The molecule has 0 aromatic carbocycles. The van der Waals surface area contributed by atoms with E-state index in [9.17, 15) is 4.79 Å². The van der Waals surface area contributed by atoms with Crippen molar-refractivity contribution < 1.29 is 4.79 Å². The van der Waals surface area contributed by atoms with Crippen molar-refractivity contribution in [2.24, 2.45) is 5.92 Å². The highest BCUT2D eigenvalue weighted by molar-refractivity contribution is 8.03. The topological polar surface area (TPSA) is 44.1 Å². The second-order valence-electron chi connectivity index (χ2n) is 8.08. The monoisotopic (exact) mass is 348 g/mol. The van der Waals surface area contributed by atoms with Gasteiger partial charge in [-0.15, -0.1) is 0 Å². The molecule has 0 aromatic rings. The number of thiocyanates is 1. The number of hydrogen-bond acceptors (Lipinski definition) is 4. The molecule has 0 amide bonds. The second kappa shape index (κ2) is 8.23. The molecule has 3 aliphatic rings. The predicted molar refractivity (Wildman–Crippen MR) is 99.8 cm³/mol. The summed E-state index contributed by atoms with van der Waals surface area (Å²) < 4.78 is 0. The first-order valence-electron chi connectivity index (χ1n) is 10.0. The van der Waals surface area contributed by atoms with Crippen LogP contribution in [0.3, 0.4) is 0 Å². The average Bonchev–Trinajstić information content (AvgIpc) is 2.95. The van der Waals surface area contributed by atoms with Crippen molar-refractivity contribution in [1.29, 1.82) is 5.26 Å². The van der Waals surface area contributed by atoms with Crippen LogP contribution in [0.2, 0.25) is 0 Å². The van der Waals surface area contributed by atoms with Gasteiger partial charge >= 0.3 is 0 Å². The van der Waals surface area contributed by atoms with Crippen molar-refractivity contribution in [2.45, 2.75) is 102 Å². The first-order chi connectivity index (χ1) is 11.7. The second-order valence-corrected chi connectivity index (χ2v) is 8.88. The van der Waals surface area contributed by atoms with E-state index >= 15 is 0 Å². The molecular formula is C20H32N2OS. The van der Waals surface area contributed by atoms with Crippen LogP contribution in [0.15, 0.2) is 0 Å². The van der Waals surface area contributed by atoms with E-state index in [0.717, 1.165) is 18.6 Å². The Labute approximate surface area is 151 Å². The van der Waals surface area contributed by atoms with Gasteiger partial charge in [0.2, 0.25) is 0 Å². The maximum atomic E-state index is 12.9. The number of piperidine rings is 1. The van der Waals surface area contributed by atoms with Gasteiger partial charge in [-0.1, -0.05) is 45.4 Å². The maximum absolute atomic E-state index is 12.9. The first-order valence-corrected chi connectivity index (χ1v) is 11.0. The van der Waals surface area contributed by atoms with Crippen LogP contribution in [0.25, 0.3) is 0 Å². The summed E-state index contributed by atoms with van der Waals surface area (Å²) in [6.45, 7) is 2.25. The van der Waals surface area contributed by atoms with Gasteiger partial charge in [0, 0.05) is 35.7 Å². The number of Topliss-reactive ketones (excluding diaryl/α,β-unsaturated/α-hetero) is 1. The van der Waals surface area contributed by atoms with Gasteiger partial charge in [-0.3, -0.25) is 9.69 Å². The van der Waals surface area contributed by atoms with E-state index in [1.54, 1.807) is 0 Å². The van der Waals surface area contributed by atoms with E-state index in [2.05, 4.69) is 17.2 Å². The first kappa shape index (κ1) is 18.3. The summed E-state index contributed by atoms with van der Waals surface area (Å²) in [5.74, 6) is 1.76. The molecule has 2 heterocycles. The fraction of sp³-hybridized carbons (Fsp3) is 0.900. The average molecular weight is 349 g/mol. The lowest BCUT2D eigenvalue weighted by Gasteiger charge is -2.55. The van der Waals surface area contributed by atoms with Crippen LogP contribution in [-0.2, 0) is 4.79 Å². The Kier molecular flexibility index (Phi) is 6.27. The standard InChI is InChI=1S/C20H32N2OS/c1-2-3-4-5-8-16-13-19(23)18-9-6-7-11-20(18)12-10-17(22(16)20)14-24-15-21/h16-18H,2-14H2,1H3/t16-,17+,18-,20+/m1/s1. The lowest BCUT2D eigenvalue weighted by atomic mass is 9.65. The largest absolute Gasteiger partial charge is 0.299 e. The Morgan fingerprint density at radius 1 is 1.21 bits per heavy atom. The summed E-state index contributed by atoms with van der Waals surface area (Å²) in [5, 5.41) is 11.3. The number of rotatable bonds is 7. The summed E-state index contributed by atoms with van der Waals surface area (Å²) in [4.78, 5) is 15.7. The Balaban J connectivity index is 1.78. The molecule has 3 nitrogen and oxygen atoms in total. The highest BCUT2D eigenvalue weighted by Crippen LogP contribution is 2.53. The third-order valence-corrected chi connectivity index (χ3v) is 7.45. The maximum Gasteiger partial charge on any atom is 0.139 e. The molecule has 1 saturated carbocycles. The van der Waals surface area contributed by atoms with Crippen molar-refractivity contribution in [3.05, 3.63) is 0 Å². The molecule has 24 heavy (non-hydrogen) atoms. The molecule has 4 heteroatoms. The fourth-order valence-electron chi connectivity index (χ4n) is 5.82. The number of unbranched alkanes of at least 4 members (excludes halogenated alkanes) is 3. The third kappa shape index (κ3) is 3.40. The van der Waals surface area contributed by atoms with Crippen molar-refractivity contribution in [2.75, 3.05) is 5.75 Å². The summed E-state index contributed by atoms with van der Waals surface area (Å²) in [5.41, 5.74) is 0.156. The van der Waals surface area contributed by atoms with Crippen LogP contribution >= 0.6 is 11.8 Å². The summed E-state index contributed by atoms with van der Waals surface area (Å²) in [7, 11) is 0. The van der Waals surface area contributed by atoms with Gasteiger partial charge in [-0.2, -0.15) is 5.26 Å². The van der Waals surface area contributed by atoms with Crippen LogP contribution < -0.4 is 0 Å². The minimum Gasteiger partial charge on any atom is -0.299 e. The number of ketones is 1. The normalized spacial score (nSPS) is 36.2. The number of carbonyl (C=O) groups excluding carboxylic acids is 1. The zero-order valence-corrected chi connectivity index (χ0v) is 16.0. The highest BCUT2D eigenvalue weighted by atomic mass is 32.2. The molecule has 3 rings (SSSR count). The van der Waals surface area contributed by atoms with Gasteiger partial charge in [0.05, 0.1) is 0 Å². The fourth-order valence-corrected chi connectivity index (χ4v) is 6.41. The smallest absolute Gasteiger partial charge is 0.139 e. The Hall–Kier alpha value is -0.530. The molecule has 1 aliphatic carbocycles. The van der Waals surface area contributed by atoms with Crippen molar-refractivity contribution >= 4 is 17.5 Å². The van der Waals surface area contributed by atoms with Crippen LogP contribution in [0.5, 0.6) is 0 Å². The molecule has 0 unspecified atom stereocenters. The molecule has 0 aromatic heterocycles. The van der Waals surface area contributed by atoms with Gasteiger partial charge in [0.25, 0.3) is 0 Å². The Morgan fingerprint density at radius 3 is 2.88 bits per heavy atom. The molecule has 2 aliphatic heterocycles. The minimum absolute atomic E-state index is 0.156. The molecule has 2 saturated heterocycles. The summed E-state index contributed by atoms with van der Waals surface area (Å²) in [6.07, 6.45) is 14.3. The molecule has 134 valence electrons. The van der Waals surface area contributed by atoms with Crippen LogP contribution in [0, 0.1) is 16.6 Å². The van der Waals surface area contributed by atoms with E-state index in [-0.39, 0.29) is 11.5 Å². The van der Waals surface area contributed by atoms with Crippen LogP contribution in [-0.4, -0.2) is 34.1 Å². The molecule has 0 N–H and O–H groups in total. The van der Waals surface area contributed by atoms with E-state index in [4.69, 9.17) is 5.26 Å². The van der Waals surface area contributed by atoms with E-state index in [0.29, 0.717) is 17.9 Å². The SMILES string of the molecule is CCCCCC[C@@H]1CC(=O)[C@H]2CCCC[C@]23CC[C@@H](CSC#N)N13. The van der Waals surface area contributed by atoms with Crippen molar-refractivity contribution in [1.82, 2.24) is 4.90 Å².